The lowest BCUT2D eigenvalue weighted by Gasteiger charge is -2.40. The van der Waals surface area contributed by atoms with Gasteiger partial charge in [-0.25, -0.2) is 0 Å². The lowest BCUT2D eigenvalue weighted by Crippen LogP contribution is -2.56. The number of rotatable bonds is 4. The van der Waals surface area contributed by atoms with Gasteiger partial charge in [-0.05, 0) is 44.1 Å². The molecule has 0 aromatic heterocycles. The predicted molar refractivity (Wildman–Crippen MR) is 85.7 cm³/mol. The average Bonchev–Trinajstić information content (AvgIpc) is 3.08. The van der Waals surface area contributed by atoms with Gasteiger partial charge in [-0.1, -0.05) is 19.3 Å². The number of aldehydes is 1. The number of carbonyl (C=O) groups excluding carboxylic acids is 3. The normalized spacial score (nSPS) is 33.8. The van der Waals surface area contributed by atoms with Crippen LogP contribution in [0.25, 0.3) is 0 Å². The number of nitrogens with zero attached hydrogens (tertiary/aromatic N) is 1. The maximum Gasteiger partial charge on any atom is 0.243 e. The Morgan fingerprint density at radius 2 is 1.91 bits per heavy atom. The Morgan fingerprint density at radius 3 is 2.70 bits per heavy atom. The van der Waals surface area contributed by atoms with E-state index in [-0.39, 0.29) is 24.4 Å². The monoisotopic (exact) mass is 321 g/mol. The summed E-state index contributed by atoms with van der Waals surface area (Å²) in [6.07, 6.45) is 8.22. The number of hydrogen-bond acceptors (Lipinski definition) is 4. The van der Waals surface area contributed by atoms with Crippen molar-refractivity contribution in [1.82, 2.24) is 15.5 Å². The number of nitrogens with one attached hydrogen (secondary N) is 2. The Bertz CT molecular complexity index is 468. The van der Waals surface area contributed by atoms with Crippen molar-refractivity contribution in [2.75, 3.05) is 19.6 Å². The topological polar surface area (TPSA) is 78.5 Å². The van der Waals surface area contributed by atoms with E-state index < -0.39 is 6.04 Å². The number of carbonyl (C=O) groups is 3. The Morgan fingerprint density at radius 1 is 1.13 bits per heavy atom. The predicted octanol–water partition coefficient (Wildman–Crippen LogP) is 0.461. The first-order valence-electron chi connectivity index (χ1n) is 8.96. The van der Waals surface area contributed by atoms with Crippen LogP contribution in [0.2, 0.25) is 0 Å². The average molecular weight is 321 g/mol. The molecule has 2 aliphatic heterocycles. The Kier molecular flexibility index (Phi) is 5.30. The molecule has 2 heterocycles. The second-order valence-electron chi connectivity index (χ2n) is 7.10. The second-order valence-corrected chi connectivity index (χ2v) is 7.10. The van der Waals surface area contributed by atoms with Crippen LogP contribution in [-0.2, 0) is 14.4 Å². The molecule has 2 N–H and O–H groups in total. The minimum atomic E-state index is -0.409. The van der Waals surface area contributed by atoms with Gasteiger partial charge in [0.05, 0.1) is 12.6 Å². The van der Waals surface area contributed by atoms with Crippen LogP contribution in [0.3, 0.4) is 0 Å². The van der Waals surface area contributed by atoms with Crippen LogP contribution in [0.5, 0.6) is 0 Å². The van der Waals surface area contributed by atoms with E-state index in [1.54, 1.807) is 4.90 Å². The third kappa shape index (κ3) is 3.57. The first-order chi connectivity index (χ1) is 11.2. The van der Waals surface area contributed by atoms with Gasteiger partial charge >= 0.3 is 0 Å². The fourth-order valence-electron chi connectivity index (χ4n) is 4.49. The maximum absolute atomic E-state index is 12.9. The largest absolute Gasteiger partial charge is 0.348 e. The van der Waals surface area contributed by atoms with Crippen LogP contribution in [0.1, 0.15) is 44.9 Å². The summed E-state index contributed by atoms with van der Waals surface area (Å²) >= 11 is 0. The second kappa shape index (κ2) is 7.43. The molecule has 0 bridgehead atoms. The lowest BCUT2D eigenvalue weighted by atomic mass is 9.73. The van der Waals surface area contributed by atoms with E-state index in [0.717, 1.165) is 25.3 Å². The standard InChI is InChI=1S/C17H27N3O3/c21-9-7-18-16(22)15-6-3-8-20(15)17(23)14-10-12-4-1-2-5-13(12)11-19-14/h9,12-15,19H,1-8,10-11H2,(H,18,22)/t12-,13?,14?,15+/m1/s1. The number of piperidine rings is 1. The van der Waals surface area contributed by atoms with Crippen molar-refractivity contribution >= 4 is 18.1 Å². The molecule has 2 amide bonds. The SMILES string of the molecule is O=CCNC(=O)[C@@H]1CCCN1C(=O)C1C[C@H]2CCCCC2CN1. The van der Waals surface area contributed by atoms with Gasteiger partial charge in [-0.15, -0.1) is 0 Å². The van der Waals surface area contributed by atoms with E-state index in [1.165, 1.54) is 25.7 Å². The fraction of sp³-hybridized carbons (Fsp3) is 0.824. The molecule has 6 heteroatoms. The van der Waals surface area contributed by atoms with Crippen LogP contribution in [0.4, 0.5) is 0 Å². The zero-order valence-electron chi connectivity index (χ0n) is 13.6. The minimum Gasteiger partial charge on any atom is -0.348 e. The first-order valence-corrected chi connectivity index (χ1v) is 8.96. The van der Waals surface area contributed by atoms with Gasteiger partial charge in [-0.3, -0.25) is 9.59 Å². The summed E-state index contributed by atoms with van der Waals surface area (Å²) in [5.41, 5.74) is 0. The summed E-state index contributed by atoms with van der Waals surface area (Å²) in [5.74, 6) is 1.24. The number of fused-ring (bicyclic) bond motifs is 1. The van der Waals surface area contributed by atoms with Crippen LogP contribution >= 0.6 is 0 Å². The summed E-state index contributed by atoms with van der Waals surface area (Å²) in [5, 5.41) is 6.00. The molecule has 0 spiro atoms. The summed E-state index contributed by atoms with van der Waals surface area (Å²) < 4.78 is 0. The highest BCUT2D eigenvalue weighted by atomic mass is 16.2. The number of amides is 2. The third-order valence-electron chi connectivity index (χ3n) is 5.73. The molecule has 0 aromatic rings. The molecular weight excluding hydrogens is 294 g/mol. The zero-order chi connectivity index (χ0) is 16.2. The fourth-order valence-corrected chi connectivity index (χ4v) is 4.49. The molecule has 3 fully saturated rings. The highest BCUT2D eigenvalue weighted by Gasteiger charge is 2.40. The van der Waals surface area contributed by atoms with Crippen LogP contribution in [0.15, 0.2) is 0 Å². The lowest BCUT2D eigenvalue weighted by molar-refractivity contribution is -0.141. The van der Waals surface area contributed by atoms with Gasteiger partial charge in [0.25, 0.3) is 0 Å². The van der Waals surface area contributed by atoms with Gasteiger partial charge in [-0.2, -0.15) is 0 Å². The third-order valence-corrected chi connectivity index (χ3v) is 5.73. The summed E-state index contributed by atoms with van der Waals surface area (Å²) in [6, 6.07) is -0.554. The van der Waals surface area contributed by atoms with Crippen LogP contribution < -0.4 is 10.6 Å². The quantitative estimate of drug-likeness (QED) is 0.738. The van der Waals surface area contributed by atoms with Crippen molar-refractivity contribution in [2.24, 2.45) is 11.8 Å². The molecule has 0 aromatic carbocycles. The van der Waals surface area contributed by atoms with Gasteiger partial charge in [0.2, 0.25) is 11.8 Å². The highest BCUT2D eigenvalue weighted by Crippen LogP contribution is 2.36. The minimum absolute atomic E-state index is 0.0167. The maximum atomic E-state index is 12.9. The van der Waals surface area contributed by atoms with Gasteiger partial charge < -0.3 is 20.3 Å². The molecule has 3 rings (SSSR count). The molecular formula is C17H27N3O3. The molecule has 23 heavy (non-hydrogen) atoms. The summed E-state index contributed by atoms with van der Waals surface area (Å²) in [6.45, 7) is 1.59. The van der Waals surface area contributed by atoms with Crippen molar-refractivity contribution in [3.63, 3.8) is 0 Å². The molecule has 1 saturated carbocycles. The number of hydrogen-bond donors (Lipinski definition) is 2. The van der Waals surface area contributed by atoms with Crippen molar-refractivity contribution in [3.8, 4) is 0 Å². The molecule has 0 radical (unpaired) electrons. The van der Waals surface area contributed by atoms with Crippen LogP contribution in [0, 0.1) is 11.8 Å². The van der Waals surface area contributed by atoms with E-state index in [1.807, 2.05) is 0 Å². The van der Waals surface area contributed by atoms with E-state index in [2.05, 4.69) is 10.6 Å². The van der Waals surface area contributed by atoms with Gasteiger partial charge in [0, 0.05) is 6.54 Å². The Balaban J connectivity index is 1.60. The molecule has 3 aliphatic rings. The Hall–Kier alpha value is -1.43. The summed E-state index contributed by atoms with van der Waals surface area (Å²) in [7, 11) is 0. The van der Waals surface area contributed by atoms with Crippen molar-refractivity contribution in [3.05, 3.63) is 0 Å². The van der Waals surface area contributed by atoms with Gasteiger partial charge in [0.15, 0.2) is 0 Å². The van der Waals surface area contributed by atoms with Crippen molar-refractivity contribution in [1.29, 1.82) is 0 Å². The molecule has 4 atom stereocenters. The Labute approximate surface area is 137 Å². The number of likely N-dealkylation sites (tertiary alicyclic amines) is 1. The molecule has 2 saturated heterocycles. The van der Waals surface area contributed by atoms with E-state index in [0.29, 0.717) is 25.2 Å². The smallest absolute Gasteiger partial charge is 0.243 e. The molecule has 128 valence electrons. The summed E-state index contributed by atoms with van der Waals surface area (Å²) in [4.78, 5) is 37.2. The zero-order valence-corrected chi connectivity index (χ0v) is 13.6. The van der Waals surface area contributed by atoms with Crippen molar-refractivity contribution in [2.45, 2.75) is 57.0 Å². The molecule has 2 unspecified atom stereocenters. The van der Waals surface area contributed by atoms with Gasteiger partial charge in [0.1, 0.15) is 12.3 Å². The van der Waals surface area contributed by atoms with E-state index in [9.17, 15) is 14.4 Å². The van der Waals surface area contributed by atoms with E-state index in [4.69, 9.17) is 0 Å². The van der Waals surface area contributed by atoms with Crippen molar-refractivity contribution < 1.29 is 14.4 Å². The van der Waals surface area contributed by atoms with Crippen LogP contribution in [-0.4, -0.2) is 54.7 Å². The molecule has 6 nitrogen and oxygen atoms in total. The highest BCUT2D eigenvalue weighted by molar-refractivity contribution is 5.91. The molecule has 1 aliphatic carbocycles. The first kappa shape index (κ1) is 16.4. The van der Waals surface area contributed by atoms with E-state index >= 15 is 0 Å².